The number of carbonyl (C=O) groups is 1. The third-order valence-corrected chi connectivity index (χ3v) is 4.88. The van der Waals surface area contributed by atoms with Gasteiger partial charge in [0.1, 0.15) is 5.75 Å². The Bertz CT molecular complexity index is 671. The maximum atomic E-state index is 13.2. The van der Waals surface area contributed by atoms with Crippen molar-refractivity contribution >= 4 is 5.91 Å². The lowest BCUT2D eigenvalue weighted by atomic mass is 9.71. The van der Waals surface area contributed by atoms with Crippen LogP contribution in [0.2, 0.25) is 0 Å². The van der Waals surface area contributed by atoms with Gasteiger partial charge in [0.05, 0.1) is 23.8 Å². The molecule has 1 aromatic rings. The third kappa shape index (κ3) is 3.37. The molecule has 0 aromatic heterocycles. The summed E-state index contributed by atoms with van der Waals surface area (Å²) < 4.78 is 61.0. The van der Waals surface area contributed by atoms with E-state index in [1.807, 2.05) is 19.0 Å². The maximum absolute atomic E-state index is 13.2. The molecule has 26 heavy (non-hydrogen) atoms. The van der Waals surface area contributed by atoms with Crippen molar-refractivity contribution < 1.29 is 31.8 Å². The van der Waals surface area contributed by atoms with Crippen LogP contribution in [0.3, 0.4) is 0 Å². The molecule has 1 aromatic carbocycles. The van der Waals surface area contributed by atoms with Crippen molar-refractivity contribution in [2.45, 2.75) is 37.1 Å². The smallest absolute Gasteiger partial charge is 0.427 e. The molecule has 1 N–H and O–H groups in total. The van der Waals surface area contributed by atoms with Crippen LogP contribution in [0.5, 0.6) is 5.75 Å². The zero-order chi connectivity index (χ0) is 19.1. The standard InChI is InChI=1S/C17H20F4N2O3/c1-23(2)13-12(10-7-8-25-14(10)13)22-15(24)9-5-3-4-6-11(9)26-17(20,21)16(18)19/h3-6,10,12-14,16H,7-8H2,1-2H3,(H,22,24)/t10-,12+,13-,14-/m0/s1. The molecule has 2 fully saturated rings. The lowest BCUT2D eigenvalue weighted by Gasteiger charge is -2.50. The van der Waals surface area contributed by atoms with E-state index >= 15 is 0 Å². The van der Waals surface area contributed by atoms with Gasteiger partial charge in [0.15, 0.2) is 0 Å². The van der Waals surface area contributed by atoms with Crippen LogP contribution in [0, 0.1) is 5.92 Å². The van der Waals surface area contributed by atoms with Gasteiger partial charge in [0.25, 0.3) is 5.91 Å². The van der Waals surface area contributed by atoms with E-state index in [4.69, 9.17) is 4.74 Å². The number of alkyl halides is 4. The fourth-order valence-corrected chi connectivity index (χ4v) is 3.65. The minimum Gasteiger partial charge on any atom is -0.427 e. The summed E-state index contributed by atoms with van der Waals surface area (Å²) in [6, 6.07) is 4.86. The Labute approximate surface area is 148 Å². The molecule has 0 unspecified atom stereocenters. The van der Waals surface area contributed by atoms with E-state index in [1.165, 1.54) is 18.2 Å². The summed E-state index contributed by atoms with van der Waals surface area (Å²) in [6.07, 6.45) is -7.87. The van der Waals surface area contributed by atoms with Crippen LogP contribution < -0.4 is 10.1 Å². The van der Waals surface area contributed by atoms with E-state index in [9.17, 15) is 22.4 Å². The second-order valence-corrected chi connectivity index (χ2v) is 6.70. The van der Waals surface area contributed by atoms with Crippen LogP contribution in [0.4, 0.5) is 17.6 Å². The second-order valence-electron chi connectivity index (χ2n) is 6.70. The summed E-state index contributed by atoms with van der Waals surface area (Å²) in [5.41, 5.74) is -0.215. The molecule has 0 radical (unpaired) electrons. The molecule has 5 nitrogen and oxygen atoms in total. The van der Waals surface area contributed by atoms with E-state index in [0.717, 1.165) is 12.5 Å². The summed E-state index contributed by atoms with van der Waals surface area (Å²) in [4.78, 5) is 14.5. The van der Waals surface area contributed by atoms with Crippen molar-refractivity contribution in [1.82, 2.24) is 10.2 Å². The predicted octanol–water partition coefficient (Wildman–Crippen LogP) is 2.37. The van der Waals surface area contributed by atoms with Crippen molar-refractivity contribution in [1.29, 1.82) is 0 Å². The highest BCUT2D eigenvalue weighted by Crippen LogP contribution is 2.41. The number of hydrogen-bond acceptors (Lipinski definition) is 4. The van der Waals surface area contributed by atoms with E-state index in [-0.39, 0.29) is 29.7 Å². The van der Waals surface area contributed by atoms with E-state index in [2.05, 4.69) is 10.1 Å². The zero-order valence-corrected chi connectivity index (χ0v) is 14.3. The van der Waals surface area contributed by atoms with Crippen LogP contribution in [0.25, 0.3) is 0 Å². The van der Waals surface area contributed by atoms with Gasteiger partial charge >= 0.3 is 12.5 Å². The predicted molar refractivity (Wildman–Crippen MR) is 84.6 cm³/mol. The van der Waals surface area contributed by atoms with Crippen molar-refractivity contribution in [2.75, 3.05) is 20.7 Å². The van der Waals surface area contributed by atoms with Crippen LogP contribution in [-0.4, -0.2) is 62.2 Å². The van der Waals surface area contributed by atoms with Crippen LogP contribution in [0.15, 0.2) is 24.3 Å². The molecular formula is C17H20F4N2O3. The Balaban J connectivity index is 1.76. The molecule has 1 aliphatic heterocycles. The first kappa shape index (κ1) is 18.9. The molecule has 3 rings (SSSR count). The molecule has 1 amide bonds. The lowest BCUT2D eigenvalue weighted by molar-refractivity contribution is -0.253. The van der Waals surface area contributed by atoms with Gasteiger partial charge < -0.3 is 19.7 Å². The van der Waals surface area contributed by atoms with Crippen molar-refractivity contribution in [3.8, 4) is 5.75 Å². The molecule has 9 heteroatoms. The zero-order valence-electron chi connectivity index (χ0n) is 14.3. The number of benzene rings is 1. The van der Waals surface area contributed by atoms with Gasteiger partial charge in [0, 0.05) is 12.5 Å². The molecule has 0 spiro atoms. The SMILES string of the molecule is CN(C)[C@H]1[C@H](NC(=O)c2ccccc2OC(F)(F)C(F)F)[C@@H]2CCO[C@@H]21. The molecule has 1 saturated carbocycles. The minimum absolute atomic E-state index is 0.0185. The summed E-state index contributed by atoms with van der Waals surface area (Å²) in [7, 11) is 3.73. The first-order valence-corrected chi connectivity index (χ1v) is 8.25. The Morgan fingerprint density at radius 1 is 1.35 bits per heavy atom. The Hall–Kier alpha value is -1.87. The highest BCUT2D eigenvalue weighted by Gasteiger charge is 2.55. The second kappa shape index (κ2) is 7.03. The summed E-state index contributed by atoms with van der Waals surface area (Å²) in [5.74, 6) is -1.09. The Morgan fingerprint density at radius 2 is 2.04 bits per heavy atom. The van der Waals surface area contributed by atoms with Gasteiger partial charge in [-0.1, -0.05) is 12.1 Å². The Kier molecular flexibility index (Phi) is 5.12. The molecule has 4 atom stereocenters. The molecule has 1 saturated heterocycles. The number of rotatable bonds is 6. The van der Waals surface area contributed by atoms with Crippen LogP contribution >= 0.6 is 0 Å². The average molecular weight is 376 g/mol. The van der Waals surface area contributed by atoms with E-state index < -0.39 is 24.2 Å². The van der Waals surface area contributed by atoms with Gasteiger partial charge in [-0.2, -0.15) is 17.6 Å². The van der Waals surface area contributed by atoms with Gasteiger partial charge in [-0.3, -0.25) is 4.79 Å². The summed E-state index contributed by atoms with van der Waals surface area (Å²) in [6.45, 7) is 0.604. The molecule has 2 aliphatic rings. The number of nitrogens with zero attached hydrogens (tertiary/aromatic N) is 1. The van der Waals surface area contributed by atoms with Crippen LogP contribution in [0.1, 0.15) is 16.8 Å². The quantitative estimate of drug-likeness (QED) is 0.775. The molecule has 144 valence electrons. The fourth-order valence-electron chi connectivity index (χ4n) is 3.65. The summed E-state index contributed by atoms with van der Waals surface area (Å²) in [5, 5.41) is 2.82. The van der Waals surface area contributed by atoms with Gasteiger partial charge in [0.2, 0.25) is 0 Å². The molecule has 0 bridgehead atoms. The number of fused-ring (bicyclic) bond motifs is 1. The van der Waals surface area contributed by atoms with E-state index in [1.54, 1.807) is 0 Å². The van der Waals surface area contributed by atoms with E-state index in [0.29, 0.717) is 6.61 Å². The first-order chi connectivity index (χ1) is 12.2. The number of para-hydroxylation sites is 1. The number of carbonyl (C=O) groups excluding carboxylic acids is 1. The normalized spacial score (nSPS) is 28.0. The topological polar surface area (TPSA) is 50.8 Å². The number of likely N-dealkylation sites (N-methyl/N-ethyl adjacent to an activating group) is 1. The molecule has 1 heterocycles. The monoisotopic (exact) mass is 376 g/mol. The van der Waals surface area contributed by atoms with Crippen LogP contribution in [-0.2, 0) is 4.74 Å². The molecule has 1 aliphatic carbocycles. The maximum Gasteiger partial charge on any atom is 0.461 e. The highest BCUT2D eigenvalue weighted by atomic mass is 19.3. The summed E-state index contributed by atoms with van der Waals surface area (Å²) >= 11 is 0. The Morgan fingerprint density at radius 3 is 2.69 bits per heavy atom. The third-order valence-electron chi connectivity index (χ3n) is 4.88. The van der Waals surface area contributed by atoms with Crippen molar-refractivity contribution in [3.63, 3.8) is 0 Å². The van der Waals surface area contributed by atoms with Gasteiger partial charge in [-0.25, -0.2) is 0 Å². The molecular weight excluding hydrogens is 356 g/mol. The highest BCUT2D eigenvalue weighted by molar-refractivity contribution is 5.97. The first-order valence-electron chi connectivity index (χ1n) is 8.25. The number of nitrogens with one attached hydrogen (secondary N) is 1. The minimum atomic E-state index is -4.68. The number of ether oxygens (including phenoxy) is 2. The van der Waals surface area contributed by atoms with Crippen molar-refractivity contribution in [2.24, 2.45) is 5.92 Å². The largest absolute Gasteiger partial charge is 0.461 e. The fraction of sp³-hybridized carbons (Fsp3) is 0.588. The number of halogens is 4. The number of amides is 1. The van der Waals surface area contributed by atoms with Gasteiger partial charge in [-0.15, -0.1) is 0 Å². The lowest BCUT2D eigenvalue weighted by Crippen LogP contribution is -2.69. The number of hydrogen-bond donors (Lipinski definition) is 1. The average Bonchev–Trinajstić information content (AvgIpc) is 2.95. The van der Waals surface area contributed by atoms with Crippen molar-refractivity contribution in [3.05, 3.63) is 29.8 Å². The van der Waals surface area contributed by atoms with Gasteiger partial charge in [-0.05, 0) is 32.6 Å².